The van der Waals surface area contributed by atoms with Crippen LogP contribution in [0.5, 0.6) is 5.75 Å². The molecule has 0 saturated heterocycles. The van der Waals surface area contributed by atoms with E-state index in [9.17, 15) is 8.78 Å². The van der Waals surface area contributed by atoms with Crippen LogP contribution in [0.15, 0.2) is 90.2 Å². The van der Waals surface area contributed by atoms with Crippen molar-refractivity contribution in [2.75, 3.05) is 5.73 Å². The number of anilines is 1. The van der Waals surface area contributed by atoms with Crippen LogP contribution in [-0.4, -0.2) is 45.5 Å². The zero-order valence-electron chi connectivity index (χ0n) is 21.1. The number of benzene rings is 1. The van der Waals surface area contributed by atoms with Crippen LogP contribution in [0, 0.1) is 0 Å². The van der Waals surface area contributed by atoms with Crippen LogP contribution in [-0.2, 0) is 6.42 Å². The minimum Gasteiger partial charge on any atom is -0.445 e. The zero-order valence-corrected chi connectivity index (χ0v) is 21.1. The Morgan fingerprint density at radius 3 is 2.54 bits per heavy atom. The van der Waals surface area contributed by atoms with Gasteiger partial charge in [0.25, 0.3) is 0 Å². The van der Waals surface area contributed by atoms with Crippen molar-refractivity contribution in [3.8, 4) is 39.6 Å². The first-order valence-electron chi connectivity index (χ1n) is 12.4. The first-order chi connectivity index (χ1) is 20.0. The predicted octanol–water partition coefficient (Wildman–Crippen LogP) is 4.93. The fourth-order valence-corrected chi connectivity index (χ4v) is 4.66. The molecule has 13 heteroatoms. The van der Waals surface area contributed by atoms with Gasteiger partial charge in [-0.1, -0.05) is 12.1 Å². The molecule has 6 heterocycles. The van der Waals surface area contributed by atoms with E-state index in [2.05, 4.69) is 24.8 Å². The largest absolute Gasteiger partial charge is 0.445 e. The third kappa shape index (κ3) is 4.48. The summed E-state index contributed by atoms with van der Waals surface area (Å²) in [5.41, 5.74) is 11.5. The number of imidazole rings is 1. The molecule has 6 aromatic heterocycles. The molecule has 1 aromatic carbocycles. The highest BCUT2D eigenvalue weighted by Crippen LogP contribution is 2.36. The van der Waals surface area contributed by atoms with E-state index >= 15 is 0 Å². The molecule has 0 aliphatic rings. The molecular formula is C28H19F2N9O2. The Morgan fingerprint density at radius 1 is 0.902 bits per heavy atom. The Bertz CT molecular complexity index is 2000. The Hall–Kier alpha value is -5.72. The van der Waals surface area contributed by atoms with Gasteiger partial charge >= 0.3 is 6.61 Å². The Morgan fingerprint density at radius 2 is 1.73 bits per heavy atom. The molecule has 0 saturated carbocycles. The maximum atomic E-state index is 13.0. The van der Waals surface area contributed by atoms with Crippen molar-refractivity contribution in [1.82, 2.24) is 38.9 Å². The number of rotatable bonds is 7. The molecule has 0 aliphatic heterocycles. The first kappa shape index (κ1) is 24.3. The Labute approximate surface area is 229 Å². The van der Waals surface area contributed by atoms with Crippen LogP contribution in [0.2, 0.25) is 0 Å². The van der Waals surface area contributed by atoms with Crippen molar-refractivity contribution in [2.45, 2.75) is 13.0 Å². The lowest BCUT2D eigenvalue weighted by atomic mass is 10.00. The molecule has 0 aliphatic carbocycles. The maximum Gasteiger partial charge on any atom is 0.387 e. The minimum absolute atomic E-state index is 0.0319. The number of halogens is 2. The lowest BCUT2D eigenvalue weighted by Gasteiger charge is -2.12. The third-order valence-corrected chi connectivity index (χ3v) is 6.46. The van der Waals surface area contributed by atoms with Gasteiger partial charge in [-0.05, 0) is 36.4 Å². The summed E-state index contributed by atoms with van der Waals surface area (Å²) in [5, 5.41) is 4.54. The van der Waals surface area contributed by atoms with Gasteiger partial charge in [0, 0.05) is 41.5 Å². The van der Waals surface area contributed by atoms with Gasteiger partial charge in [-0.2, -0.15) is 13.3 Å². The molecule has 2 N–H and O–H groups in total. The number of nitrogen functional groups attached to an aromatic ring is 1. The highest BCUT2D eigenvalue weighted by atomic mass is 19.3. The van der Waals surface area contributed by atoms with Gasteiger partial charge in [-0.3, -0.25) is 4.98 Å². The van der Waals surface area contributed by atoms with Crippen LogP contribution >= 0.6 is 0 Å². The molecule has 7 aromatic rings. The van der Waals surface area contributed by atoms with Gasteiger partial charge < -0.3 is 19.3 Å². The average molecular weight is 552 g/mol. The van der Waals surface area contributed by atoms with Gasteiger partial charge in [0.05, 0.1) is 29.6 Å². The molecule has 11 nitrogen and oxygen atoms in total. The second-order valence-electron chi connectivity index (χ2n) is 8.99. The lowest BCUT2D eigenvalue weighted by molar-refractivity contribution is -0.0506. The molecule has 0 atom stereocenters. The smallest absolute Gasteiger partial charge is 0.387 e. The summed E-state index contributed by atoms with van der Waals surface area (Å²) in [6.07, 6.45) is 10.1. The van der Waals surface area contributed by atoms with Crippen molar-refractivity contribution in [2.24, 2.45) is 0 Å². The van der Waals surface area contributed by atoms with E-state index in [1.807, 2.05) is 53.2 Å². The molecule has 41 heavy (non-hydrogen) atoms. The molecule has 0 unspecified atom stereocenters. The standard InChI is InChI=1S/C28H19F2N9O2/c29-27(30)41-20-2-1-9-32-19(20)14-21-35-25-23(18-7-8-22-33-10-12-38(22)15-18)24(36-28(31)39(25)37-21)16-3-5-17(6-4-16)26-34-11-13-40-26/h1-13,15,27H,14H2,(H2,31,36). The molecule has 0 spiro atoms. The van der Waals surface area contributed by atoms with Crippen molar-refractivity contribution < 1.29 is 17.9 Å². The maximum absolute atomic E-state index is 13.0. The van der Waals surface area contributed by atoms with E-state index in [1.54, 1.807) is 12.4 Å². The topological polar surface area (TPSA) is 135 Å². The van der Waals surface area contributed by atoms with E-state index in [0.29, 0.717) is 28.6 Å². The normalized spacial score (nSPS) is 11.6. The quantitative estimate of drug-likeness (QED) is 0.293. The second-order valence-corrected chi connectivity index (χ2v) is 8.99. The summed E-state index contributed by atoms with van der Waals surface area (Å²) in [5.74, 6) is 0.850. The summed E-state index contributed by atoms with van der Waals surface area (Å²) in [6.45, 7) is -2.99. The highest BCUT2D eigenvalue weighted by molar-refractivity contribution is 5.91. The fraction of sp³-hybridized carbons (Fsp3) is 0.0714. The van der Waals surface area contributed by atoms with Gasteiger partial charge in [0.2, 0.25) is 11.8 Å². The van der Waals surface area contributed by atoms with Crippen molar-refractivity contribution in [1.29, 1.82) is 0 Å². The van der Waals surface area contributed by atoms with Crippen LogP contribution in [0.3, 0.4) is 0 Å². The Kier molecular flexibility index (Phi) is 5.81. The van der Waals surface area contributed by atoms with Gasteiger partial charge in [0.1, 0.15) is 17.7 Å². The zero-order chi connectivity index (χ0) is 27.9. The van der Waals surface area contributed by atoms with Gasteiger partial charge in [-0.25, -0.2) is 19.9 Å². The molecule has 202 valence electrons. The van der Waals surface area contributed by atoms with Gasteiger partial charge in [0.15, 0.2) is 11.5 Å². The molecule has 0 amide bonds. The molecule has 7 rings (SSSR count). The number of nitrogens with two attached hydrogens (primary N) is 1. The number of pyridine rings is 2. The van der Waals surface area contributed by atoms with Crippen LogP contribution in [0.4, 0.5) is 14.7 Å². The number of aromatic nitrogens is 8. The number of ether oxygens (including phenoxy) is 1. The summed E-state index contributed by atoms with van der Waals surface area (Å²) < 4.78 is 39.3. The summed E-state index contributed by atoms with van der Waals surface area (Å²) in [7, 11) is 0. The van der Waals surface area contributed by atoms with Crippen LogP contribution in [0.25, 0.3) is 45.1 Å². The predicted molar refractivity (Wildman–Crippen MR) is 144 cm³/mol. The molecule has 0 radical (unpaired) electrons. The molecular weight excluding hydrogens is 532 g/mol. The minimum atomic E-state index is -2.99. The number of oxazole rings is 1. The summed E-state index contributed by atoms with van der Waals surface area (Å²) in [6, 6.07) is 14.3. The number of fused-ring (bicyclic) bond motifs is 2. The molecule has 0 bridgehead atoms. The van der Waals surface area contributed by atoms with Crippen LogP contribution in [0.1, 0.15) is 11.5 Å². The monoisotopic (exact) mass is 551 g/mol. The average Bonchev–Trinajstić information content (AvgIpc) is 3.75. The van der Waals surface area contributed by atoms with E-state index in [0.717, 1.165) is 22.3 Å². The Balaban J connectivity index is 1.39. The second kappa shape index (κ2) is 9.79. The van der Waals surface area contributed by atoms with E-state index in [-0.39, 0.29) is 23.8 Å². The first-order valence-corrected chi connectivity index (χ1v) is 12.4. The van der Waals surface area contributed by atoms with Crippen molar-refractivity contribution in [3.05, 3.63) is 97.3 Å². The summed E-state index contributed by atoms with van der Waals surface area (Å²) >= 11 is 0. The number of nitrogens with zero attached hydrogens (tertiary/aromatic N) is 8. The fourth-order valence-electron chi connectivity index (χ4n) is 4.66. The number of hydrogen-bond donors (Lipinski definition) is 1. The number of hydrogen-bond acceptors (Lipinski definition) is 9. The van der Waals surface area contributed by atoms with E-state index in [1.165, 1.54) is 29.1 Å². The highest BCUT2D eigenvalue weighted by Gasteiger charge is 2.22. The lowest BCUT2D eigenvalue weighted by Crippen LogP contribution is -2.07. The van der Waals surface area contributed by atoms with Crippen molar-refractivity contribution >= 4 is 17.2 Å². The van der Waals surface area contributed by atoms with Crippen molar-refractivity contribution in [3.63, 3.8) is 0 Å². The van der Waals surface area contributed by atoms with Gasteiger partial charge in [-0.15, -0.1) is 5.10 Å². The molecule has 0 fully saturated rings. The number of alkyl halides is 2. The summed E-state index contributed by atoms with van der Waals surface area (Å²) in [4.78, 5) is 22.2. The van der Waals surface area contributed by atoms with E-state index < -0.39 is 6.61 Å². The SMILES string of the molecule is Nc1nc(-c2ccc(-c3ncco3)cc2)c(-c2ccc3nccn3c2)c2nc(Cc3ncccc3OC(F)F)nn12. The van der Waals surface area contributed by atoms with Crippen LogP contribution < -0.4 is 10.5 Å². The van der Waals surface area contributed by atoms with E-state index in [4.69, 9.17) is 20.1 Å². The third-order valence-electron chi connectivity index (χ3n) is 6.46.